The average molecular weight is 450 g/mol. The molecule has 2 aromatic heterocycles. The summed E-state index contributed by atoms with van der Waals surface area (Å²) in [6.45, 7) is 1.69. The van der Waals surface area contributed by atoms with Crippen LogP contribution >= 0.6 is 11.8 Å². The van der Waals surface area contributed by atoms with Gasteiger partial charge in [-0.25, -0.2) is 4.98 Å². The summed E-state index contributed by atoms with van der Waals surface area (Å²) in [5.74, 6) is 3.87. The molecule has 0 saturated carbocycles. The molecule has 8 nitrogen and oxygen atoms in total. The molecule has 0 amide bonds. The Morgan fingerprint density at radius 3 is 2.94 bits per heavy atom. The molecule has 0 radical (unpaired) electrons. The van der Waals surface area contributed by atoms with E-state index >= 15 is 0 Å². The number of hydrogen-bond donors (Lipinski definition) is 1. The van der Waals surface area contributed by atoms with Crippen molar-refractivity contribution in [3.8, 4) is 34.3 Å². The molecule has 0 bridgehead atoms. The molecular weight excluding hydrogens is 428 g/mol. The van der Waals surface area contributed by atoms with Crippen LogP contribution in [0.1, 0.15) is 5.56 Å². The van der Waals surface area contributed by atoms with Crippen LogP contribution in [0.5, 0.6) is 23.0 Å². The lowest BCUT2D eigenvalue weighted by Crippen LogP contribution is -2.40. The Morgan fingerprint density at radius 2 is 2.09 bits per heavy atom. The van der Waals surface area contributed by atoms with Crippen LogP contribution in [0.4, 0.5) is 0 Å². The minimum atomic E-state index is 0.283. The normalized spacial score (nSPS) is 13.7. The molecule has 0 aliphatic carbocycles. The number of aryl methyl sites for hydroxylation is 2. The highest BCUT2D eigenvalue weighted by atomic mass is 32.2. The maximum absolute atomic E-state index is 6.20. The molecule has 9 heteroatoms. The molecule has 0 unspecified atom stereocenters. The van der Waals surface area contributed by atoms with Crippen molar-refractivity contribution in [1.29, 1.82) is 0 Å². The van der Waals surface area contributed by atoms with E-state index in [9.17, 15) is 0 Å². The molecule has 0 fully saturated rings. The molecule has 0 atom stereocenters. The number of methoxy groups -OCH3 is 1. The Morgan fingerprint density at radius 1 is 1.19 bits per heavy atom. The molecule has 0 saturated heterocycles. The van der Waals surface area contributed by atoms with Gasteiger partial charge in [-0.2, -0.15) is 9.67 Å². The fourth-order valence-electron chi connectivity index (χ4n) is 4.25. The second-order valence-corrected chi connectivity index (χ2v) is 8.64. The van der Waals surface area contributed by atoms with E-state index in [0.717, 1.165) is 63.3 Å². The smallest absolute Gasteiger partial charge is 0.231 e. The predicted molar refractivity (Wildman–Crippen MR) is 119 cm³/mol. The topological polar surface area (TPSA) is 82.4 Å². The number of aromatic amines is 1. The molecule has 4 heterocycles. The van der Waals surface area contributed by atoms with E-state index in [1.165, 1.54) is 17.5 Å². The summed E-state index contributed by atoms with van der Waals surface area (Å²) in [6, 6.07) is 10.5. The van der Waals surface area contributed by atoms with Gasteiger partial charge in [0.05, 0.1) is 24.7 Å². The molecule has 2 aromatic carbocycles. The number of benzene rings is 2. The molecule has 6 rings (SSSR count). The van der Waals surface area contributed by atoms with Gasteiger partial charge in [0.1, 0.15) is 6.33 Å². The fourth-order valence-corrected chi connectivity index (χ4v) is 4.85. The second kappa shape index (κ2) is 7.90. The van der Waals surface area contributed by atoms with Crippen molar-refractivity contribution in [3.63, 3.8) is 0 Å². The Bertz CT molecular complexity index is 1310. The van der Waals surface area contributed by atoms with Gasteiger partial charge in [-0.15, -0.1) is 0 Å². The Hall–Kier alpha value is -3.46. The van der Waals surface area contributed by atoms with Crippen LogP contribution in [-0.2, 0) is 13.0 Å². The molecule has 32 heavy (non-hydrogen) atoms. The number of thioether (sulfide) groups is 1. The van der Waals surface area contributed by atoms with Crippen LogP contribution in [0.3, 0.4) is 0 Å². The largest absolute Gasteiger partial charge is 0.493 e. The molecular formula is C23H21N4O4S+. The lowest BCUT2D eigenvalue weighted by atomic mass is 9.95. The zero-order chi connectivity index (χ0) is 21.5. The Kier molecular flexibility index (Phi) is 4.75. The summed E-state index contributed by atoms with van der Waals surface area (Å²) in [6.07, 6.45) is 4.60. The quantitative estimate of drug-likeness (QED) is 0.275. The van der Waals surface area contributed by atoms with Gasteiger partial charge in [0.2, 0.25) is 12.5 Å². The van der Waals surface area contributed by atoms with E-state index in [0.29, 0.717) is 6.61 Å². The van der Waals surface area contributed by atoms with Gasteiger partial charge in [-0.3, -0.25) is 5.10 Å². The van der Waals surface area contributed by atoms with Crippen LogP contribution in [0, 0.1) is 0 Å². The van der Waals surface area contributed by atoms with E-state index in [2.05, 4.69) is 50.2 Å². The molecule has 1 N–H and O–H groups in total. The van der Waals surface area contributed by atoms with E-state index in [-0.39, 0.29) is 6.79 Å². The number of rotatable bonds is 6. The van der Waals surface area contributed by atoms with E-state index < -0.39 is 0 Å². The first-order valence-electron chi connectivity index (χ1n) is 10.4. The van der Waals surface area contributed by atoms with Crippen LogP contribution < -0.4 is 23.5 Å². The van der Waals surface area contributed by atoms with Crippen molar-refractivity contribution in [3.05, 3.63) is 48.4 Å². The first kappa shape index (κ1) is 19.2. The SMILES string of the molecule is COc1ccc2cc3[n+](cc2c1OCCSc1ncn[nH]1)CCc1cc2c(cc1-3)OCO2. The van der Waals surface area contributed by atoms with Gasteiger partial charge in [0, 0.05) is 18.2 Å². The Balaban J connectivity index is 1.35. The van der Waals surface area contributed by atoms with Crippen molar-refractivity contribution in [2.45, 2.75) is 18.1 Å². The van der Waals surface area contributed by atoms with Crippen molar-refractivity contribution in [2.75, 3.05) is 26.3 Å². The van der Waals surface area contributed by atoms with Crippen molar-refractivity contribution >= 4 is 22.5 Å². The first-order chi connectivity index (χ1) is 15.8. The zero-order valence-electron chi connectivity index (χ0n) is 17.5. The minimum absolute atomic E-state index is 0.283. The fraction of sp³-hybridized carbons (Fsp3) is 0.261. The van der Waals surface area contributed by atoms with Crippen molar-refractivity contribution in [2.24, 2.45) is 0 Å². The second-order valence-electron chi connectivity index (χ2n) is 7.55. The molecule has 4 aromatic rings. The monoisotopic (exact) mass is 449 g/mol. The number of ether oxygens (including phenoxy) is 4. The van der Waals surface area contributed by atoms with E-state index in [4.69, 9.17) is 18.9 Å². The van der Waals surface area contributed by atoms with Crippen molar-refractivity contribution < 1.29 is 23.5 Å². The summed E-state index contributed by atoms with van der Waals surface area (Å²) in [5, 5.41) is 9.62. The van der Waals surface area contributed by atoms with Gasteiger partial charge in [0.15, 0.2) is 40.9 Å². The maximum atomic E-state index is 6.20. The lowest BCUT2D eigenvalue weighted by molar-refractivity contribution is -0.686. The number of fused-ring (bicyclic) bond motifs is 5. The summed E-state index contributed by atoms with van der Waals surface area (Å²) in [5.41, 5.74) is 3.63. The van der Waals surface area contributed by atoms with Gasteiger partial charge in [-0.1, -0.05) is 11.8 Å². The number of nitrogens with zero attached hydrogens (tertiary/aromatic N) is 3. The maximum Gasteiger partial charge on any atom is 0.231 e. The minimum Gasteiger partial charge on any atom is -0.493 e. The highest BCUT2D eigenvalue weighted by Crippen LogP contribution is 2.41. The van der Waals surface area contributed by atoms with Gasteiger partial charge >= 0.3 is 0 Å². The van der Waals surface area contributed by atoms with Crippen LogP contribution in [0.25, 0.3) is 22.0 Å². The molecule has 0 spiro atoms. The lowest BCUT2D eigenvalue weighted by Gasteiger charge is -2.18. The standard InChI is InChI=1S/C23H21N4O4S/c1-28-19-3-2-14-8-18-16-10-21-20(30-13-31-21)9-15(16)4-5-27(18)11-17(14)22(19)29-6-7-32-23-24-12-25-26-23/h2-3,8-12H,4-7,13H2,1H3,(H,24,25,26)/q+1. The third-order valence-corrected chi connectivity index (χ3v) is 6.60. The predicted octanol–water partition coefficient (Wildman–Crippen LogP) is 3.38. The highest BCUT2D eigenvalue weighted by Gasteiger charge is 2.28. The van der Waals surface area contributed by atoms with Crippen LogP contribution in [0.2, 0.25) is 0 Å². The van der Waals surface area contributed by atoms with Crippen LogP contribution in [-0.4, -0.2) is 41.4 Å². The summed E-state index contributed by atoms with van der Waals surface area (Å²) in [7, 11) is 1.67. The van der Waals surface area contributed by atoms with Crippen LogP contribution in [0.15, 0.2) is 48.0 Å². The van der Waals surface area contributed by atoms with Crippen molar-refractivity contribution in [1.82, 2.24) is 15.2 Å². The number of H-pyrrole nitrogens is 1. The molecule has 162 valence electrons. The first-order valence-corrected chi connectivity index (χ1v) is 11.4. The summed E-state index contributed by atoms with van der Waals surface area (Å²) < 4.78 is 25.3. The summed E-state index contributed by atoms with van der Waals surface area (Å²) >= 11 is 1.57. The van der Waals surface area contributed by atoms with E-state index in [1.54, 1.807) is 18.9 Å². The molecule has 2 aliphatic heterocycles. The summed E-state index contributed by atoms with van der Waals surface area (Å²) in [4.78, 5) is 4.13. The Labute approximate surface area is 188 Å². The van der Waals surface area contributed by atoms with E-state index in [1.807, 2.05) is 6.07 Å². The van der Waals surface area contributed by atoms with Gasteiger partial charge in [0.25, 0.3) is 0 Å². The third-order valence-electron chi connectivity index (χ3n) is 5.76. The number of aromatic nitrogens is 4. The average Bonchev–Trinajstić information content (AvgIpc) is 3.51. The zero-order valence-corrected chi connectivity index (χ0v) is 18.3. The number of hydrogen-bond acceptors (Lipinski definition) is 7. The molecule has 2 aliphatic rings. The van der Waals surface area contributed by atoms with Gasteiger partial charge in [-0.05, 0) is 35.2 Å². The number of pyridine rings is 1. The third kappa shape index (κ3) is 3.29. The highest BCUT2D eigenvalue weighted by molar-refractivity contribution is 7.99. The number of nitrogens with one attached hydrogen (secondary N) is 1. The van der Waals surface area contributed by atoms with Gasteiger partial charge < -0.3 is 18.9 Å².